The second kappa shape index (κ2) is 11.9. The van der Waals surface area contributed by atoms with Crippen molar-refractivity contribution in [1.82, 2.24) is 4.98 Å². The number of rotatable bonds is 13. The number of carbonyl (C=O) groups excluding carboxylic acids is 1. The Bertz CT molecular complexity index is 551. The van der Waals surface area contributed by atoms with Crippen LogP contribution < -0.4 is 10.1 Å². The number of ether oxygens (including phenoxy) is 3. The molecule has 1 unspecified atom stereocenters. The minimum atomic E-state index is -0.828. The number of aryl methyl sites for hydroxylation is 1. The van der Waals surface area contributed by atoms with Crippen molar-refractivity contribution in [2.24, 2.45) is 0 Å². The molecule has 0 aliphatic carbocycles. The number of nitrogens with one attached hydrogen (secondary N) is 1. The molecule has 1 aromatic heterocycles. The van der Waals surface area contributed by atoms with Gasteiger partial charge in [0.05, 0.1) is 18.0 Å². The first-order chi connectivity index (χ1) is 12.5. The molecule has 1 heterocycles. The molecule has 0 aliphatic rings. The summed E-state index contributed by atoms with van der Waals surface area (Å²) in [7, 11) is 1.62. The molecule has 1 N–H and O–H groups in total. The second-order valence-corrected chi connectivity index (χ2v) is 6.61. The van der Waals surface area contributed by atoms with Gasteiger partial charge in [-0.1, -0.05) is 33.1 Å². The fourth-order valence-corrected chi connectivity index (χ4v) is 2.53. The minimum Gasteiger partial charge on any atom is -0.475 e. The Kier molecular flexibility index (Phi) is 10.2. The van der Waals surface area contributed by atoms with Crippen LogP contribution in [0.1, 0.15) is 58.6 Å². The van der Waals surface area contributed by atoms with Crippen LogP contribution in [0.15, 0.2) is 12.1 Å². The van der Waals surface area contributed by atoms with E-state index in [2.05, 4.69) is 17.2 Å². The van der Waals surface area contributed by atoms with Gasteiger partial charge in [0.25, 0.3) is 5.91 Å². The molecule has 0 saturated carbocycles. The smallest absolute Gasteiger partial charge is 0.256 e. The summed E-state index contributed by atoms with van der Waals surface area (Å²) in [6.07, 6.45) is 4.75. The first-order valence-corrected chi connectivity index (χ1v) is 9.51. The number of unbranched alkanes of at least 4 members (excludes halogenated alkanes) is 2. The molecule has 0 saturated heterocycles. The van der Waals surface area contributed by atoms with E-state index in [1.165, 1.54) is 0 Å². The van der Waals surface area contributed by atoms with Crippen LogP contribution in [-0.2, 0) is 14.3 Å². The van der Waals surface area contributed by atoms with Gasteiger partial charge in [0, 0.05) is 19.8 Å². The number of methoxy groups -OCH3 is 1. The summed E-state index contributed by atoms with van der Waals surface area (Å²) in [5.74, 6) is 0.394. The van der Waals surface area contributed by atoms with Gasteiger partial charge in [0.15, 0.2) is 0 Å². The normalized spacial score (nSPS) is 13.3. The van der Waals surface area contributed by atoms with Crippen molar-refractivity contribution in [1.29, 1.82) is 0 Å². The molecular weight excluding hydrogens is 332 g/mol. The van der Waals surface area contributed by atoms with Crippen LogP contribution in [0.3, 0.4) is 0 Å². The van der Waals surface area contributed by atoms with Crippen molar-refractivity contribution >= 4 is 11.6 Å². The van der Waals surface area contributed by atoms with E-state index in [-0.39, 0.29) is 5.91 Å². The predicted octanol–water partition coefficient (Wildman–Crippen LogP) is 4.12. The van der Waals surface area contributed by atoms with E-state index in [1.807, 2.05) is 26.8 Å². The van der Waals surface area contributed by atoms with E-state index in [9.17, 15) is 4.79 Å². The van der Waals surface area contributed by atoms with Crippen LogP contribution in [0.5, 0.6) is 5.88 Å². The van der Waals surface area contributed by atoms with E-state index < -0.39 is 5.60 Å². The van der Waals surface area contributed by atoms with Gasteiger partial charge in [-0.2, -0.15) is 0 Å². The molecule has 0 spiro atoms. The van der Waals surface area contributed by atoms with Crippen molar-refractivity contribution in [3.63, 3.8) is 0 Å². The van der Waals surface area contributed by atoms with Crippen LogP contribution >= 0.6 is 0 Å². The molecule has 1 aromatic rings. The molecule has 0 bridgehead atoms. The summed E-state index contributed by atoms with van der Waals surface area (Å²) >= 11 is 0. The molecule has 26 heavy (non-hydrogen) atoms. The fraction of sp³-hybridized carbons (Fsp3) is 0.700. The molecule has 0 fully saturated rings. The SMILES string of the molecule is CCCCCC(C)(OCCC)C(=O)Nc1ccc(OCCOC)nc1C. The van der Waals surface area contributed by atoms with Crippen LogP contribution in [-0.4, -0.2) is 43.4 Å². The number of hydrogen-bond donors (Lipinski definition) is 1. The number of pyridine rings is 1. The van der Waals surface area contributed by atoms with E-state index in [1.54, 1.807) is 13.2 Å². The van der Waals surface area contributed by atoms with Gasteiger partial charge in [-0.15, -0.1) is 0 Å². The monoisotopic (exact) mass is 366 g/mol. The number of hydrogen-bond acceptors (Lipinski definition) is 5. The highest BCUT2D eigenvalue weighted by Crippen LogP contribution is 2.24. The van der Waals surface area contributed by atoms with Gasteiger partial charge >= 0.3 is 0 Å². The highest BCUT2D eigenvalue weighted by molar-refractivity contribution is 5.97. The zero-order chi connectivity index (χ0) is 19.4. The van der Waals surface area contributed by atoms with Crippen molar-refractivity contribution in [3.8, 4) is 5.88 Å². The van der Waals surface area contributed by atoms with Gasteiger partial charge in [-0.25, -0.2) is 4.98 Å². The highest BCUT2D eigenvalue weighted by Gasteiger charge is 2.33. The third-order valence-corrected chi connectivity index (χ3v) is 4.21. The van der Waals surface area contributed by atoms with Gasteiger partial charge in [-0.05, 0) is 32.8 Å². The molecule has 148 valence electrons. The van der Waals surface area contributed by atoms with E-state index in [0.29, 0.717) is 43.5 Å². The van der Waals surface area contributed by atoms with Crippen LogP contribution in [0.2, 0.25) is 0 Å². The number of nitrogens with zero attached hydrogens (tertiary/aromatic N) is 1. The average molecular weight is 367 g/mol. The molecule has 0 aliphatic heterocycles. The number of aromatic nitrogens is 1. The molecule has 0 aromatic carbocycles. The second-order valence-electron chi connectivity index (χ2n) is 6.61. The van der Waals surface area contributed by atoms with E-state index in [0.717, 1.165) is 25.7 Å². The van der Waals surface area contributed by atoms with Crippen molar-refractivity contribution < 1.29 is 19.0 Å². The molecule has 0 radical (unpaired) electrons. The van der Waals surface area contributed by atoms with Crippen molar-refractivity contribution in [2.45, 2.75) is 65.4 Å². The van der Waals surface area contributed by atoms with Crippen LogP contribution in [0.25, 0.3) is 0 Å². The topological polar surface area (TPSA) is 69.7 Å². The van der Waals surface area contributed by atoms with Crippen molar-refractivity contribution in [3.05, 3.63) is 17.8 Å². The molecule has 1 amide bonds. The van der Waals surface area contributed by atoms with E-state index >= 15 is 0 Å². The van der Waals surface area contributed by atoms with Crippen LogP contribution in [0, 0.1) is 6.92 Å². The predicted molar refractivity (Wildman–Crippen MR) is 104 cm³/mol. The minimum absolute atomic E-state index is 0.125. The summed E-state index contributed by atoms with van der Waals surface area (Å²) in [4.78, 5) is 17.3. The summed E-state index contributed by atoms with van der Waals surface area (Å²) in [5, 5.41) is 2.97. The molecule has 1 rings (SSSR count). The Morgan fingerprint density at radius 3 is 2.54 bits per heavy atom. The Morgan fingerprint density at radius 2 is 1.92 bits per heavy atom. The lowest BCUT2D eigenvalue weighted by atomic mass is 9.96. The maximum absolute atomic E-state index is 12.9. The lowest BCUT2D eigenvalue weighted by molar-refractivity contribution is -0.140. The zero-order valence-corrected chi connectivity index (χ0v) is 16.9. The summed E-state index contributed by atoms with van der Waals surface area (Å²) < 4.78 is 16.4. The Morgan fingerprint density at radius 1 is 1.15 bits per heavy atom. The van der Waals surface area contributed by atoms with E-state index in [4.69, 9.17) is 14.2 Å². The molecule has 6 nitrogen and oxygen atoms in total. The molecular formula is C20H34N2O4. The third kappa shape index (κ3) is 7.30. The Balaban J connectivity index is 2.77. The molecule has 6 heteroatoms. The van der Waals surface area contributed by atoms with Crippen molar-refractivity contribution in [2.75, 3.05) is 32.2 Å². The first-order valence-electron chi connectivity index (χ1n) is 9.51. The Hall–Kier alpha value is -1.66. The van der Waals surface area contributed by atoms with Gasteiger partial charge in [-0.3, -0.25) is 4.79 Å². The number of carbonyl (C=O) groups is 1. The average Bonchev–Trinajstić information content (AvgIpc) is 2.62. The maximum Gasteiger partial charge on any atom is 0.256 e. The summed E-state index contributed by atoms with van der Waals surface area (Å²) in [6.45, 7) is 9.42. The Labute approximate surface area is 157 Å². The number of anilines is 1. The largest absolute Gasteiger partial charge is 0.475 e. The quantitative estimate of drug-likeness (QED) is 0.532. The standard InChI is InChI=1S/C20H34N2O4/c1-6-8-9-12-20(4,26-13-7-2)19(23)22-17-10-11-18(21-16(17)3)25-15-14-24-5/h10-11H,6-9,12-15H2,1-5H3,(H,22,23). The molecule has 1 atom stereocenters. The van der Waals surface area contributed by atoms with Crippen LogP contribution in [0.4, 0.5) is 5.69 Å². The summed E-state index contributed by atoms with van der Waals surface area (Å²) in [6, 6.07) is 3.56. The maximum atomic E-state index is 12.9. The lowest BCUT2D eigenvalue weighted by Gasteiger charge is -2.29. The lowest BCUT2D eigenvalue weighted by Crippen LogP contribution is -2.43. The fourth-order valence-electron chi connectivity index (χ4n) is 2.53. The third-order valence-electron chi connectivity index (χ3n) is 4.21. The number of amides is 1. The van der Waals surface area contributed by atoms with Gasteiger partial charge < -0.3 is 19.5 Å². The first kappa shape index (κ1) is 22.4. The van der Waals surface area contributed by atoms with Gasteiger partial charge in [0.1, 0.15) is 12.2 Å². The zero-order valence-electron chi connectivity index (χ0n) is 16.9. The highest BCUT2D eigenvalue weighted by atomic mass is 16.5. The summed E-state index contributed by atoms with van der Waals surface area (Å²) in [5.41, 5.74) is 0.557. The van der Waals surface area contributed by atoms with Gasteiger partial charge in [0.2, 0.25) is 5.88 Å².